The van der Waals surface area contributed by atoms with Gasteiger partial charge in [-0.05, 0) is 49.5 Å². The van der Waals surface area contributed by atoms with Crippen molar-refractivity contribution in [1.82, 2.24) is 9.97 Å². The lowest BCUT2D eigenvalue weighted by Crippen LogP contribution is -2.38. The van der Waals surface area contributed by atoms with Gasteiger partial charge in [0.05, 0.1) is 0 Å². The van der Waals surface area contributed by atoms with Crippen LogP contribution in [0.4, 0.5) is 5.82 Å². The highest BCUT2D eigenvalue weighted by atomic mass is 79.9. The first-order chi connectivity index (χ1) is 6.99. The van der Waals surface area contributed by atoms with Crippen LogP contribution in [0.3, 0.4) is 0 Å². The smallest absolute Gasteiger partial charge is 0.133 e. The van der Waals surface area contributed by atoms with Gasteiger partial charge < -0.3 is 4.90 Å². The third-order valence-electron chi connectivity index (χ3n) is 2.97. The van der Waals surface area contributed by atoms with Gasteiger partial charge in [-0.25, -0.2) is 9.97 Å². The van der Waals surface area contributed by atoms with Crippen LogP contribution in [0.25, 0.3) is 0 Å². The third-order valence-corrected chi connectivity index (χ3v) is 3.38. The Labute approximate surface area is 99.0 Å². The fraction of sp³-hybridized carbons (Fsp3) is 0.636. The van der Waals surface area contributed by atoms with Crippen molar-refractivity contribution in [2.24, 2.45) is 0 Å². The maximum absolute atomic E-state index is 4.50. The summed E-state index contributed by atoms with van der Waals surface area (Å²) in [5.74, 6) is 1.86. The number of hydrogen-bond acceptors (Lipinski definition) is 3. The third kappa shape index (κ3) is 2.14. The molecule has 15 heavy (non-hydrogen) atoms. The molecule has 0 aromatic carbocycles. The molecule has 1 aromatic heterocycles. The first-order valence-electron chi connectivity index (χ1n) is 5.28. The summed E-state index contributed by atoms with van der Waals surface area (Å²) in [7, 11) is 0. The normalized spacial score (nSPS) is 19.6. The lowest BCUT2D eigenvalue weighted by Gasteiger charge is -2.32. The van der Waals surface area contributed by atoms with Crippen LogP contribution in [0.1, 0.15) is 32.5 Å². The van der Waals surface area contributed by atoms with Crippen molar-refractivity contribution in [2.45, 2.75) is 39.2 Å². The second kappa shape index (κ2) is 3.74. The monoisotopic (exact) mass is 269 g/mol. The number of anilines is 1. The fourth-order valence-electron chi connectivity index (χ4n) is 2.19. The number of halogens is 1. The summed E-state index contributed by atoms with van der Waals surface area (Å²) in [6, 6.07) is 2.00. The van der Waals surface area contributed by atoms with Crippen molar-refractivity contribution < 1.29 is 0 Å². The Bertz CT molecular complexity index is 356. The van der Waals surface area contributed by atoms with Crippen LogP contribution in [0.2, 0.25) is 0 Å². The molecule has 1 fully saturated rings. The topological polar surface area (TPSA) is 29.0 Å². The molecule has 1 saturated heterocycles. The average molecular weight is 270 g/mol. The number of rotatable bonds is 1. The maximum atomic E-state index is 4.50. The van der Waals surface area contributed by atoms with Gasteiger partial charge in [-0.3, -0.25) is 0 Å². The van der Waals surface area contributed by atoms with Gasteiger partial charge in [0.15, 0.2) is 0 Å². The van der Waals surface area contributed by atoms with Crippen molar-refractivity contribution in [3.8, 4) is 0 Å². The van der Waals surface area contributed by atoms with Gasteiger partial charge in [0.2, 0.25) is 0 Å². The fourth-order valence-corrected chi connectivity index (χ4v) is 2.65. The molecule has 0 spiro atoms. The molecule has 0 aliphatic carbocycles. The SMILES string of the molecule is Cc1nc(Br)cc(N2CCCC2(C)C)n1. The van der Waals surface area contributed by atoms with Crippen molar-refractivity contribution >= 4 is 21.7 Å². The van der Waals surface area contributed by atoms with Crippen molar-refractivity contribution in [2.75, 3.05) is 11.4 Å². The Hall–Kier alpha value is -0.640. The van der Waals surface area contributed by atoms with E-state index < -0.39 is 0 Å². The van der Waals surface area contributed by atoms with E-state index in [1.54, 1.807) is 0 Å². The summed E-state index contributed by atoms with van der Waals surface area (Å²) in [5, 5.41) is 0. The molecule has 0 atom stereocenters. The summed E-state index contributed by atoms with van der Waals surface area (Å²) in [5.41, 5.74) is 0.222. The number of hydrogen-bond donors (Lipinski definition) is 0. The molecule has 0 amide bonds. The Balaban J connectivity index is 2.37. The molecule has 1 aliphatic heterocycles. The molecule has 0 radical (unpaired) electrons. The molecule has 1 aromatic rings. The zero-order valence-electron chi connectivity index (χ0n) is 9.42. The van der Waals surface area contributed by atoms with Gasteiger partial charge in [0, 0.05) is 18.2 Å². The minimum Gasteiger partial charge on any atom is -0.351 e. The van der Waals surface area contributed by atoms with Crippen LogP contribution >= 0.6 is 15.9 Å². The molecule has 82 valence electrons. The van der Waals surface area contributed by atoms with Crippen LogP contribution in [-0.4, -0.2) is 22.1 Å². The van der Waals surface area contributed by atoms with Crippen LogP contribution in [-0.2, 0) is 0 Å². The average Bonchev–Trinajstić information content (AvgIpc) is 2.43. The first-order valence-corrected chi connectivity index (χ1v) is 6.07. The highest BCUT2D eigenvalue weighted by molar-refractivity contribution is 9.10. The lowest BCUT2D eigenvalue weighted by atomic mass is 10.0. The minimum atomic E-state index is 0.222. The van der Waals surface area contributed by atoms with E-state index in [2.05, 4.69) is 44.6 Å². The van der Waals surface area contributed by atoms with Crippen LogP contribution < -0.4 is 4.90 Å². The van der Waals surface area contributed by atoms with Gasteiger partial charge in [-0.15, -0.1) is 0 Å². The standard InChI is InChI=1S/C11H16BrN3/c1-8-13-9(12)7-10(14-8)15-6-4-5-11(15,2)3/h7H,4-6H2,1-3H3. The van der Waals surface area contributed by atoms with E-state index in [4.69, 9.17) is 0 Å². The molecule has 1 aliphatic rings. The van der Waals surface area contributed by atoms with Gasteiger partial charge in [0.1, 0.15) is 16.2 Å². The molecule has 0 saturated carbocycles. The van der Waals surface area contributed by atoms with Crippen molar-refractivity contribution in [3.05, 3.63) is 16.5 Å². The number of nitrogens with zero attached hydrogens (tertiary/aromatic N) is 3. The highest BCUT2D eigenvalue weighted by Crippen LogP contribution is 2.33. The highest BCUT2D eigenvalue weighted by Gasteiger charge is 2.32. The molecule has 0 N–H and O–H groups in total. The molecule has 4 heteroatoms. The first kappa shape index (κ1) is 10.9. The maximum Gasteiger partial charge on any atom is 0.133 e. The van der Waals surface area contributed by atoms with E-state index in [0.29, 0.717) is 0 Å². The summed E-state index contributed by atoms with van der Waals surface area (Å²) in [4.78, 5) is 11.1. The predicted molar refractivity (Wildman–Crippen MR) is 65.1 cm³/mol. The minimum absolute atomic E-state index is 0.222. The summed E-state index contributed by atoms with van der Waals surface area (Å²) in [6.07, 6.45) is 2.47. The van der Waals surface area contributed by atoms with Gasteiger partial charge in [-0.1, -0.05) is 0 Å². The van der Waals surface area contributed by atoms with Gasteiger partial charge in [-0.2, -0.15) is 0 Å². The Morgan fingerprint density at radius 1 is 1.40 bits per heavy atom. The molecule has 0 unspecified atom stereocenters. The Morgan fingerprint density at radius 2 is 2.13 bits per heavy atom. The van der Waals surface area contributed by atoms with E-state index >= 15 is 0 Å². The van der Waals surface area contributed by atoms with Gasteiger partial charge >= 0.3 is 0 Å². The van der Waals surface area contributed by atoms with E-state index in [-0.39, 0.29) is 5.54 Å². The Kier molecular flexibility index (Phi) is 2.71. The van der Waals surface area contributed by atoms with Crippen molar-refractivity contribution in [3.63, 3.8) is 0 Å². The Morgan fingerprint density at radius 3 is 2.67 bits per heavy atom. The lowest BCUT2D eigenvalue weighted by molar-refractivity contribution is 0.513. The van der Waals surface area contributed by atoms with E-state index in [1.807, 2.05) is 13.0 Å². The van der Waals surface area contributed by atoms with Crippen molar-refractivity contribution in [1.29, 1.82) is 0 Å². The summed E-state index contributed by atoms with van der Waals surface area (Å²) < 4.78 is 0.868. The van der Waals surface area contributed by atoms with Crippen LogP contribution in [0.5, 0.6) is 0 Å². The number of aryl methyl sites for hydroxylation is 1. The summed E-state index contributed by atoms with van der Waals surface area (Å²) >= 11 is 3.42. The molecule has 3 nitrogen and oxygen atoms in total. The second-order valence-corrected chi connectivity index (χ2v) is 5.48. The second-order valence-electron chi connectivity index (χ2n) is 4.66. The molecular formula is C11H16BrN3. The summed E-state index contributed by atoms with van der Waals surface area (Å²) in [6.45, 7) is 7.56. The molecule has 2 heterocycles. The van der Waals surface area contributed by atoms with Crippen LogP contribution in [0, 0.1) is 6.92 Å². The molecule has 0 bridgehead atoms. The molecule has 2 rings (SSSR count). The quantitative estimate of drug-likeness (QED) is 0.735. The van der Waals surface area contributed by atoms with Gasteiger partial charge in [0.25, 0.3) is 0 Å². The van der Waals surface area contributed by atoms with Crippen LogP contribution in [0.15, 0.2) is 10.7 Å². The number of aromatic nitrogens is 2. The van der Waals surface area contributed by atoms with E-state index in [0.717, 1.165) is 22.8 Å². The van der Waals surface area contributed by atoms with E-state index in [1.165, 1.54) is 12.8 Å². The largest absolute Gasteiger partial charge is 0.351 e. The van der Waals surface area contributed by atoms with E-state index in [9.17, 15) is 0 Å². The molecular weight excluding hydrogens is 254 g/mol. The zero-order chi connectivity index (χ0) is 11.1. The predicted octanol–water partition coefficient (Wildman–Crippen LogP) is 2.93. The zero-order valence-corrected chi connectivity index (χ0v) is 11.0.